The largest absolute Gasteiger partial charge is 0.573 e. The van der Waals surface area contributed by atoms with Crippen molar-refractivity contribution in [1.29, 1.82) is 0 Å². The third-order valence-electron chi connectivity index (χ3n) is 2.51. The van der Waals surface area contributed by atoms with E-state index < -0.39 is 12.3 Å². The van der Waals surface area contributed by atoms with Gasteiger partial charge >= 0.3 is 12.3 Å². The fraction of sp³-hybridized carbons (Fsp3) is 0.462. The number of carboxylic acids is 1. The average molecular weight is 291 g/mol. The Hall–Kier alpha value is -1.76. The minimum Gasteiger partial charge on any atom is -0.481 e. The van der Waals surface area contributed by atoms with Gasteiger partial charge in [-0.3, -0.25) is 4.79 Å². The number of hydrogen-bond acceptors (Lipinski definition) is 3. The molecular weight excluding hydrogens is 275 g/mol. The lowest BCUT2D eigenvalue weighted by atomic mass is 10.2. The van der Waals surface area contributed by atoms with Gasteiger partial charge in [0.15, 0.2) is 0 Å². The molecule has 0 unspecified atom stereocenters. The summed E-state index contributed by atoms with van der Waals surface area (Å²) in [6.07, 6.45) is -4.14. The molecule has 1 N–H and O–H groups in total. The van der Waals surface area contributed by atoms with Crippen LogP contribution in [0.2, 0.25) is 0 Å². The van der Waals surface area contributed by atoms with Gasteiger partial charge < -0.3 is 14.7 Å². The molecule has 20 heavy (non-hydrogen) atoms. The van der Waals surface area contributed by atoms with Crippen molar-refractivity contribution >= 4 is 5.97 Å². The van der Waals surface area contributed by atoms with Crippen molar-refractivity contribution in [3.63, 3.8) is 0 Å². The molecule has 112 valence electrons. The van der Waals surface area contributed by atoms with E-state index in [1.54, 1.807) is 13.1 Å². The normalized spacial score (nSPS) is 11.7. The number of rotatable bonds is 7. The predicted molar refractivity (Wildman–Crippen MR) is 66.3 cm³/mol. The SMILES string of the molecule is CN(CCCC(=O)O)Cc1cccc(OC(F)(F)F)c1. The lowest BCUT2D eigenvalue weighted by Crippen LogP contribution is -2.20. The maximum Gasteiger partial charge on any atom is 0.573 e. The standard InChI is InChI=1S/C13H16F3NO3/c1-17(7-3-6-12(18)19)9-10-4-2-5-11(8-10)20-13(14,15)16/h2,4-5,8H,3,6-7,9H2,1H3,(H,18,19). The molecule has 0 aliphatic carbocycles. The second-order valence-electron chi connectivity index (χ2n) is 4.43. The fourth-order valence-corrected chi connectivity index (χ4v) is 1.73. The van der Waals surface area contributed by atoms with Crippen LogP contribution in [0.25, 0.3) is 0 Å². The maximum absolute atomic E-state index is 12.1. The van der Waals surface area contributed by atoms with Crippen LogP contribution in [0.5, 0.6) is 5.75 Å². The number of aliphatic carboxylic acids is 1. The molecule has 0 atom stereocenters. The van der Waals surface area contributed by atoms with Gasteiger partial charge in [0.2, 0.25) is 0 Å². The van der Waals surface area contributed by atoms with Gasteiger partial charge in [-0.25, -0.2) is 0 Å². The minimum absolute atomic E-state index is 0.0710. The van der Waals surface area contributed by atoms with Gasteiger partial charge in [0.05, 0.1) is 0 Å². The first kappa shape index (κ1) is 16.3. The molecule has 0 saturated carbocycles. The average Bonchev–Trinajstić information content (AvgIpc) is 2.26. The van der Waals surface area contributed by atoms with Crippen molar-refractivity contribution < 1.29 is 27.8 Å². The molecule has 0 heterocycles. The van der Waals surface area contributed by atoms with E-state index in [4.69, 9.17) is 5.11 Å². The molecule has 0 radical (unpaired) electrons. The molecule has 0 aliphatic heterocycles. The number of nitrogens with zero attached hydrogens (tertiary/aromatic N) is 1. The second-order valence-corrected chi connectivity index (χ2v) is 4.43. The van der Waals surface area contributed by atoms with Crippen LogP contribution < -0.4 is 4.74 Å². The van der Waals surface area contributed by atoms with Crippen molar-refractivity contribution in [2.75, 3.05) is 13.6 Å². The van der Waals surface area contributed by atoms with E-state index in [0.717, 1.165) is 0 Å². The topological polar surface area (TPSA) is 49.8 Å². The van der Waals surface area contributed by atoms with Gasteiger partial charge in [-0.05, 0) is 37.7 Å². The maximum atomic E-state index is 12.1. The number of carbonyl (C=O) groups is 1. The van der Waals surface area contributed by atoms with E-state index in [2.05, 4.69) is 4.74 Å². The van der Waals surface area contributed by atoms with E-state index in [1.807, 2.05) is 4.90 Å². The van der Waals surface area contributed by atoms with Crippen LogP contribution in [0.15, 0.2) is 24.3 Å². The van der Waals surface area contributed by atoms with E-state index >= 15 is 0 Å². The molecule has 0 aromatic heterocycles. The Kier molecular flexibility index (Phi) is 5.82. The molecule has 7 heteroatoms. The third-order valence-corrected chi connectivity index (χ3v) is 2.51. The zero-order valence-electron chi connectivity index (χ0n) is 11.0. The summed E-state index contributed by atoms with van der Waals surface area (Å²) in [7, 11) is 1.78. The summed E-state index contributed by atoms with van der Waals surface area (Å²) in [6.45, 7) is 0.978. The summed E-state index contributed by atoms with van der Waals surface area (Å²) < 4.78 is 40.1. The van der Waals surface area contributed by atoms with Crippen molar-refractivity contribution in [2.24, 2.45) is 0 Å². The zero-order valence-corrected chi connectivity index (χ0v) is 11.0. The molecule has 0 aliphatic rings. The van der Waals surface area contributed by atoms with Crippen LogP contribution in [0, 0.1) is 0 Å². The zero-order chi connectivity index (χ0) is 15.2. The third kappa shape index (κ3) is 6.98. The molecule has 0 spiro atoms. The van der Waals surface area contributed by atoms with E-state index in [9.17, 15) is 18.0 Å². The smallest absolute Gasteiger partial charge is 0.481 e. The molecule has 4 nitrogen and oxygen atoms in total. The first-order valence-electron chi connectivity index (χ1n) is 6.01. The number of benzene rings is 1. The Morgan fingerprint density at radius 1 is 1.40 bits per heavy atom. The molecule has 1 rings (SSSR count). The molecule has 0 fully saturated rings. The lowest BCUT2D eigenvalue weighted by Gasteiger charge is -2.17. The summed E-state index contributed by atoms with van der Waals surface area (Å²) in [5.74, 6) is -1.12. The summed E-state index contributed by atoms with van der Waals surface area (Å²) in [5.41, 5.74) is 0.671. The number of ether oxygens (including phenoxy) is 1. The van der Waals surface area contributed by atoms with Gasteiger partial charge in [-0.2, -0.15) is 0 Å². The van der Waals surface area contributed by atoms with Crippen molar-refractivity contribution in [1.82, 2.24) is 4.90 Å². The second kappa shape index (κ2) is 7.14. The van der Waals surface area contributed by atoms with Crippen molar-refractivity contribution in [3.05, 3.63) is 29.8 Å². The number of halogens is 3. The Morgan fingerprint density at radius 3 is 2.70 bits per heavy atom. The molecule has 1 aromatic carbocycles. The molecule has 0 amide bonds. The van der Waals surface area contributed by atoms with Gasteiger partial charge in [-0.1, -0.05) is 12.1 Å². The van der Waals surface area contributed by atoms with E-state index in [1.165, 1.54) is 18.2 Å². The van der Waals surface area contributed by atoms with Crippen LogP contribution in [0.4, 0.5) is 13.2 Å². The lowest BCUT2D eigenvalue weighted by molar-refractivity contribution is -0.274. The summed E-state index contributed by atoms with van der Waals surface area (Å²) in [4.78, 5) is 12.2. The summed E-state index contributed by atoms with van der Waals surface area (Å²) in [5, 5.41) is 8.52. The number of alkyl halides is 3. The van der Waals surface area contributed by atoms with Gasteiger partial charge in [0.25, 0.3) is 0 Å². The molecule has 0 bridgehead atoms. The highest BCUT2D eigenvalue weighted by atomic mass is 19.4. The van der Waals surface area contributed by atoms with Gasteiger partial charge in [0, 0.05) is 13.0 Å². The Labute approximate surface area is 114 Å². The van der Waals surface area contributed by atoms with Crippen LogP contribution in [-0.4, -0.2) is 35.9 Å². The Morgan fingerprint density at radius 2 is 2.10 bits per heavy atom. The van der Waals surface area contributed by atoms with Gasteiger partial charge in [0.1, 0.15) is 5.75 Å². The van der Waals surface area contributed by atoms with Crippen LogP contribution in [0.1, 0.15) is 18.4 Å². The number of carboxylic acid groups (broad SMARTS) is 1. The van der Waals surface area contributed by atoms with E-state index in [-0.39, 0.29) is 12.2 Å². The summed E-state index contributed by atoms with van der Waals surface area (Å²) >= 11 is 0. The number of hydrogen-bond donors (Lipinski definition) is 1. The fourth-order valence-electron chi connectivity index (χ4n) is 1.73. The van der Waals surface area contributed by atoms with E-state index in [0.29, 0.717) is 25.1 Å². The highest BCUT2D eigenvalue weighted by Gasteiger charge is 2.31. The summed E-state index contributed by atoms with van der Waals surface area (Å²) in [6, 6.07) is 5.74. The highest BCUT2D eigenvalue weighted by molar-refractivity contribution is 5.66. The van der Waals surface area contributed by atoms with Crippen LogP contribution in [0.3, 0.4) is 0 Å². The quantitative estimate of drug-likeness (QED) is 0.839. The van der Waals surface area contributed by atoms with Crippen molar-refractivity contribution in [2.45, 2.75) is 25.7 Å². The first-order chi connectivity index (χ1) is 9.26. The van der Waals surface area contributed by atoms with Gasteiger partial charge in [-0.15, -0.1) is 13.2 Å². The highest BCUT2D eigenvalue weighted by Crippen LogP contribution is 2.23. The Bertz CT molecular complexity index is 449. The Balaban J connectivity index is 2.51. The monoisotopic (exact) mass is 291 g/mol. The first-order valence-corrected chi connectivity index (χ1v) is 6.01. The molecule has 1 aromatic rings. The van der Waals surface area contributed by atoms with Crippen LogP contribution >= 0.6 is 0 Å². The molecule has 0 saturated heterocycles. The predicted octanol–water partition coefficient (Wildman–Crippen LogP) is 2.88. The van der Waals surface area contributed by atoms with Crippen molar-refractivity contribution in [3.8, 4) is 5.75 Å². The minimum atomic E-state index is -4.70. The molecular formula is C13H16F3NO3. The van der Waals surface area contributed by atoms with Crippen LogP contribution in [-0.2, 0) is 11.3 Å².